The van der Waals surface area contributed by atoms with E-state index in [1.807, 2.05) is 30.3 Å². The van der Waals surface area contributed by atoms with Crippen molar-refractivity contribution in [3.05, 3.63) is 35.9 Å². The lowest BCUT2D eigenvalue weighted by molar-refractivity contribution is -0.126. The number of carbonyl (C=O) groups excluding carboxylic acids is 1. The average Bonchev–Trinajstić information content (AvgIpc) is 2.71. The zero-order valence-corrected chi connectivity index (χ0v) is 9.44. The molecule has 0 aliphatic carbocycles. The van der Waals surface area contributed by atoms with Crippen LogP contribution in [0.25, 0.3) is 0 Å². The maximum atomic E-state index is 11.6. The van der Waals surface area contributed by atoms with E-state index in [2.05, 4.69) is 0 Å². The first-order valence-corrected chi connectivity index (χ1v) is 5.38. The van der Waals surface area contributed by atoms with Gasteiger partial charge in [-0.25, -0.2) is 0 Å². The van der Waals surface area contributed by atoms with Gasteiger partial charge in [-0.05, 0) is 17.8 Å². The summed E-state index contributed by atoms with van der Waals surface area (Å²) in [6, 6.07) is 9.50. The van der Waals surface area contributed by atoms with Crippen molar-refractivity contribution >= 4 is 23.3 Å². The number of hydrogen-bond donors (Lipinski definition) is 1. The third kappa shape index (κ3) is 1.91. The highest BCUT2D eigenvalue weighted by Crippen LogP contribution is 2.27. The molecular formula is C11H12N2O2S. The molecule has 84 valence electrons. The molecule has 1 aliphatic rings. The van der Waals surface area contributed by atoms with E-state index in [1.165, 1.54) is 4.90 Å². The maximum absolute atomic E-state index is 11.6. The largest absolute Gasteiger partial charge is 0.468 e. The predicted octanol–water partition coefficient (Wildman–Crippen LogP) is 0.830. The highest BCUT2D eigenvalue weighted by molar-refractivity contribution is 7.80. The van der Waals surface area contributed by atoms with Crippen LogP contribution in [0.15, 0.2) is 30.3 Å². The molecule has 0 spiro atoms. The highest BCUT2D eigenvalue weighted by atomic mass is 32.1. The molecule has 4 nitrogen and oxygen atoms in total. The van der Waals surface area contributed by atoms with Gasteiger partial charge in [0, 0.05) is 0 Å². The first-order valence-electron chi connectivity index (χ1n) is 4.98. The van der Waals surface area contributed by atoms with Gasteiger partial charge in [0.2, 0.25) is 5.91 Å². The van der Waals surface area contributed by atoms with Crippen molar-refractivity contribution in [1.82, 2.24) is 4.90 Å². The number of amides is 1. The molecule has 0 radical (unpaired) electrons. The third-order valence-corrected chi connectivity index (χ3v) is 2.82. The zero-order valence-electron chi connectivity index (χ0n) is 8.63. The van der Waals surface area contributed by atoms with Crippen molar-refractivity contribution < 1.29 is 9.53 Å². The van der Waals surface area contributed by atoms with Crippen LogP contribution in [0.1, 0.15) is 11.6 Å². The van der Waals surface area contributed by atoms with Gasteiger partial charge in [0.1, 0.15) is 6.61 Å². The van der Waals surface area contributed by atoms with Gasteiger partial charge >= 0.3 is 0 Å². The summed E-state index contributed by atoms with van der Waals surface area (Å²) >= 11 is 4.99. The molecule has 0 bridgehead atoms. The average molecular weight is 236 g/mol. The summed E-state index contributed by atoms with van der Waals surface area (Å²) in [5.74, 6) is -0.212. The molecule has 2 N–H and O–H groups in total. The third-order valence-electron chi connectivity index (χ3n) is 2.50. The smallest absolute Gasteiger partial charge is 0.266 e. The highest BCUT2D eigenvalue weighted by Gasteiger charge is 2.35. The Bertz CT molecular complexity index is 408. The minimum atomic E-state index is -0.212. The molecule has 1 aromatic rings. The second kappa shape index (κ2) is 4.59. The van der Waals surface area contributed by atoms with Crippen molar-refractivity contribution in [2.24, 2.45) is 5.73 Å². The van der Waals surface area contributed by atoms with Crippen molar-refractivity contribution in [1.29, 1.82) is 0 Å². The minimum Gasteiger partial charge on any atom is -0.468 e. The van der Waals surface area contributed by atoms with Crippen LogP contribution < -0.4 is 5.73 Å². The molecule has 1 heterocycles. The monoisotopic (exact) mass is 236 g/mol. The molecule has 0 aromatic heterocycles. The van der Waals surface area contributed by atoms with E-state index >= 15 is 0 Å². The number of benzene rings is 1. The van der Waals surface area contributed by atoms with Gasteiger partial charge in [-0.3, -0.25) is 9.69 Å². The molecule has 1 aliphatic heterocycles. The lowest BCUT2D eigenvalue weighted by atomic mass is 10.1. The van der Waals surface area contributed by atoms with E-state index in [4.69, 9.17) is 22.7 Å². The van der Waals surface area contributed by atoms with Crippen molar-refractivity contribution in [2.75, 3.05) is 13.2 Å². The molecule has 16 heavy (non-hydrogen) atoms. The minimum absolute atomic E-state index is 0.0627. The number of rotatable bonds is 2. The maximum Gasteiger partial charge on any atom is 0.266 e. The lowest BCUT2D eigenvalue weighted by Gasteiger charge is -2.20. The van der Waals surface area contributed by atoms with Crippen LogP contribution in [-0.4, -0.2) is 29.1 Å². The number of ether oxygens (including phenoxy) is 1. The van der Waals surface area contributed by atoms with E-state index in [1.54, 1.807) is 0 Å². The summed E-state index contributed by atoms with van der Waals surface area (Å²) in [7, 11) is 0. The normalized spacial score (nSPS) is 19.7. The Labute approximate surface area is 99.0 Å². The predicted molar refractivity (Wildman–Crippen MR) is 63.6 cm³/mol. The number of carbonyl (C=O) groups is 1. The van der Waals surface area contributed by atoms with Gasteiger partial charge in [0.25, 0.3) is 5.17 Å². The van der Waals surface area contributed by atoms with Crippen molar-refractivity contribution in [3.8, 4) is 0 Å². The summed E-state index contributed by atoms with van der Waals surface area (Å²) in [5.41, 5.74) is 6.35. The molecule has 0 saturated carbocycles. The molecule has 1 atom stereocenters. The summed E-state index contributed by atoms with van der Waals surface area (Å²) in [5, 5.41) is 0.212. The van der Waals surface area contributed by atoms with Crippen LogP contribution in [0.4, 0.5) is 0 Å². The fourth-order valence-electron chi connectivity index (χ4n) is 1.72. The van der Waals surface area contributed by atoms with E-state index in [0.717, 1.165) is 5.56 Å². The summed E-state index contributed by atoms with van der Waals surface area (Å²) < 4.78 is 5.24. The summed E-state index contributed by atoms with van der Waals surface area (Å²) in [6.07, 6.45) is 0. The number of hydrogen-bond acceptors (Lipinski definition) is 4. The van der Waals surface area contributed by atoms with Crippen molar-refractivity contribution in [2.45, 2.75) is 6.04 Å². The van der Waals surface area contributed by atoms with Gasteiger partial charge < -0.3 is 10.5 Å². The van der Waals surface area contributed by atoms with Crippen LogP contribution in [0.2, 0.25) is 0 Å². The van der Waals surface area contributed by atoms with Gasteiger partial charge in [-0.2, -0.15) is 0 Å². The quantitative estimate of drug-likeness (QED) is 0.773. The van der Waals surface area contributed by atoms with Crippen LogP contribution in [-0.2, 0) is 9.53 Å². The van der Waals surface area contributed by atoms with E-state index in [0.29, 0.717) is 6.61 Å². The Kier molecular flexibility index (Phi) is 3.17. The van der Waals surface area contributed by atoms with Gasteiger partial charge in [-0.1, -0.05) is 30.3 Å². The standard InChI is InChI=1S/C11H12N2O2S/c12-6-10(14)13-9(7-15-11(13)16)8-4-2-1-3-5-8/h1-5,9H,6-7,12H2. The summed E-state index contributed by atoms with van der Waals surface area (Å²) in [4.78, 5) is 13.1. The van der Waals surface area contributed by atoms with Crippen molar-refractivity contribution in [3.63, 3.8) is 0 Å². The Morgan fingerprint density at radius 2 is 2.19 bits per heavy atom. The first-order chi connectivity index (χ1) is 7.74. The molecule has 1 aromatic carbocycles. The molecule has 1 saturated heterocycles. The first kappa shape index (κ1) is 11.0. The van der Waals surface area contributed by atoms with Gasteiger partial charge in [0.15, 0.2) is 0 Å². The van der Waals surface area contributed by atoms with E-state index in [9.17, 15) is 4.79 Å². The topological polar surface area (TPSA) is 55.6 Å². The molecule has 1 fully saturated rings. The Balaban J connectivity index is 2.28. The van der Waals surface area contributed by atoms with Crippen LogP contribution in [0, 0.1) is 0 Å². The van der Waals surface area contributed by atoms with Gasteiger partial charge in [0.05, 0.1) is 12.6 Å². The summed E-state index contributed by atoms with van der Waals surface area (Å²) in [6.45, 7) is 0.335. The molecule has 1 amide bonds. The van der Waals surface area contributed by atoms with Gasteiger partial charge in [-0.15, -0.1) is 0 Å². The Hall–Kier alpha value is -1.46. The fraction of sp³-hybridized carbons (Fsp3) is 0.273. The molecule has 1 unspecified atom stereocenters. The second-order valence-electron chi connectivity index (χ2n) is 3.47. The Morgan fingerprint density at radius 1 is 1.50 bits per heavy atom. The second-order valence-corrected chi connectivity index (χ2v) is 3.82. The van der Waals surface area contributed by atoms with Crippen LogP contribution in [0.5, 0.6) is 0 Å². The number of thiocarbonyl (C=S) groups is 1. The number of nitrogens with two attached hydrogens (primary N) is 1. The molecular weight excluding hydrogens is 224 g/mol. The van der Waals surface area contributed by atoms with Crippen LogP contribution >= 0.6 is 12.2 Å². The fourth-order valence-corrected chi connectivity index (χ4v) is 2.01. The Morgan fingerprint density at radius 3 is 2.81 bits per heavy atom. The zero-order chi connectivity index (χ0) is 11.5. The van der Waals surface area contributed by atoms with E-state index in [-0.39, 0.29) is 23.7 Å². The SMILES string of the molecule is NCC(=O)N1C(=S)OCC1c1ccccc1. The number of nitrogens with zero attached hydrogens (tertiary/aromatic N) is 1. The lowest BCUT2D eigenvalue weighted by Crippen LogP contribution is -2.38. The molecule has 2 rings (SSSR count). The van der Waals surface area contributed by atoms with E-state index < -0.39 is 0 Å². The molecule has 5 heteroatoms. The van der Waals surface area contributed by atoms with Crippen LogP contribution in [0.3, 0.4) is 0 Å².